The number of carbonyl (C=O) groups is 2. The fourth-order valence-electron chi connectivity index (χ4n) is 2.10. The van der Waals surface area contributed by atoms with Crippen LogP contribution in [0.3, 0.4) is 0 Å². The highest BCUT2D eigenvalue weighted by molar-refractivity contribution is 6.21. The number of aryl methyl sites for hydroxylation is 1. The lowest BCUT2D eigenvalue weighted by Gasteiger charge is -2.22. The summed E-state index contributed by atoms with van der Waals surface area (Å²) in [6.07, 6.45) is 0.556. The Bertz CT molecular complexity index is 478. The van der Waals surface area contributed by atoms with Gasteiger partial charge in [-0.05, 0) is 25.5 Å². The standard InChI is InChI=1S/C13H15NO3/c1-3-9(7-15)14-12(16)10-5-4-8(2)6-11(10)13(14)17/h4-6,9,15H,3,7H2,1-2H3/t9-/m0/s1. The lowest BCUT2D eigenvalue weighted by atomic mass is 10.1. The van der Waals surface area contributed by atoms with Crippen LogP contribution in [0, 0.1) is 6.92 Å². The summed E-state index contributed by atoms with van der Waals surface area (Å²) in [5, 5.41) is 9.21. The molecule has 0 bridgehead atoms. The van der Waals surface area contributed by atoms with E-state index in [9.17, 15) is 14.7 Å². The molecule has 1 heterocycles. The molecule has 0 saturated heterocycles. The lowest BCUT2D eigenvalue weighted by molar-refractivity contribution is 0.0511. The molecule has 0 aromatic heterocycles. The maximum absolute atomic E-state index is 12.1. The van der Waals surface area contributed by atoms with Crippen LogP contribution in [0.1, 0.15) is 39.6 Å². The van der Waals surface area contributed by atoms with E-state index in [1.807, 2.05) is 19.9 Å². The van der Waals surface area contributed by atoms with Crippen LogP contribution < -0.4 is 0 Å². The summed E-state index contributed by atoms with van der Waals surface area (Å²) in [7, 11) is 0. The van der Waals surface area contributed by atoms with Gasteiger partial charge in [0.15, 0.2) is 0 Å². The molecule has 4 nitrogen and oxygen atoms in total. The highest BCUT2D eigenvalue weighted by atomic mass is 16.3. The lowest BCUT2D eigenvalue weighted by Crippen LogP contribution is -2.41. The van der Waals surface area contributed by atoms with E-state index in [1.54, 1.807) is 12.1 Å². The Morgan fingerprint density at radius 2 is 1.88 bits per heavy atom. The minimum Gasteiger partial charge on any atom is -0.394 e. The molecule has 1 aliphatic rings. The number of hydrogen-bond acceptors (Lipinski definition) is 3. The Morgan fingerprint density at radius 3 is 2.47 bits per heavy atom. The van der Waals surface area contributed by atoms with Crippen LogP contribution in [0.2, 0.25) is 0 Å². The van der Waals surface area contributed by atoms with E-state index < -0.39 is 6.04 Å². The Morgan fingerprint density at radius 1 is 1.24 bits per heavy atom. The number of hydrogen-bond donors (Lipinski definition) is 1. The van der Waals surface area contributed by atoms with Gasteiger partial charge >= 0.3 is 0 Å². The quantitative estimate of drug-likeness (QED) is 0.802. The first-order valence-electron chi connectivity index (χ1n) is 5.69. The van der Waals surface area contributed by atoms with Gasteiger partial charge < -0.3 is 5.11 Å². The number of imide groups is 1. The second kappa shape index (κ2) is 4.30. The van der Waals surface area contributed by atoms with Crippen molar-refractivity contribution in [1.82, 2.24) is 4.90 Å². The van der Waals surface area contributed by atoms with Crippen LogP contribution in [0.15, 0.2) is 18.2 Å². The second-order valence-electron chi connectivity index (χ2n) is 4.27. The topological polar surface area (TPSA) is 57.6 Å². The molecule has 2 rings (SSSR count). The van der Waals surface area contributed by atoms with Crippen molar-refractivity contribution in [2.24, 2.45) is 0 Å². The summed E-state index contributed by atoms with van der Waals surface area (Å²) in [5.41, 5.74) is 1.83. The molecule has 1 atom stereocenters. The van der Waals surface area contributed by atoms with Crippen molar-refractivity contribution in [2.75, 3.05) is 6.61 Å². The van der Waals surface area contributed by atoms with E-state index in [1.165, 1.54) is 4.90 Å². The first-order chi connectivity index (χ1) is 8.10. The van der Waals surface area contributed by atoms with Crippen LogP contribution in [0.4, 0.5) is 0 Å². The summed E-state index contributed by atoms with van der Waals surface area (Å²) in [6, 6.07) is 4.78. The van der Waals surface area contributed by atoms with E-state index in [4.69, 9.17) is 0 Å². The molecule has 1 aromatic carbocycles. The zero-order valence-corrected chi connectivity index (χ0v) is 9.93. The molecular weight excluding hydrogens is 218 g/mol. The highest BCUT2D eigenvalue weighted by Crippen LogP contribution is 2.26. The molecule has 0 aliphatic carbocycles. The van der Waals surface area contributed by atoms with E-state index in [2.05, 4.69) is 0 Å². The molecule has 0 radical (unpaired) electrons. The van der Waals surface area contributed by atoms with Crippen LogP contribution in [0.25, 0.3) is 0 Å². The van der Waals surface area contributed by atoms with Gasteiger partial charge in [0.05, 0.1) is 23.8 Å². The predicted molar refractivity (Wildman–Crippen MR) is 62.8 cm³/mol. The van der Waals surface area contributed by atoms with Gasteiger partial charge in [0, 0.05) is 0 Å². The normalized spacial score (nSPS) is 16.3. The summed E-state index contributed by atoms with van der Waals surface area (Å²) in [5.74, 6) is -0.597. The van der Waals surface area contributed by atoms with Crippen molar-refractivity contribution >= 4 is 11.8 Å². The van der Waals surface area contributed by atoms with Crippen molar-refractivity contribution in [3.8, 4) is 0 Å². The average Bonchev–Trinajstić information content (AvgIpc) is 2.56. The van der Waals surface area contributed by atoms with Crippen LogP contribution in [-0.2, 0) is 0 Å². The Labute approximate surface area is 99.9 Å². The molecule has 0 saturated carbocycles. The maximum atomic E-state index is 12.1. The van der Waals surface area contributed by atoms with Crippen molar-refractivity contribution in [1.29, 1.82) is 0 Å². The number of carbonyl (C=O) groups excluding carboxylic acids is 2. The van der Waals surface area contributed by atoms with Crippen LogP contribution in [0.5, 0.6) is 0 Å². The Kier molecular flexibility index (Phi) is 2.98. The number of amides is 2. The molecule has 2 amide bonds. The van der Waals surface area contributed by atoms with E-state index in [-0.39, 0.29) is 18.4 Å². The monoisotopic (exact) mass is 233 g/mol. The number of nitrogens with zero attached hydrogens (tertiary/aromatic N) is 1. The molecule has 1 aromatic rings. The Balaban J connectivity index is 2.45. The number of fused-ring (bicyclic) bond motifs is 1. The van der Waals surface area contributed by atoms with Gasteiger partial charge in [-0.3, -0.25) is 14.5 Å². The fourth-order valence-corrected chi connectivity index (χ4v) is 2.10. The van der Waals surface area contributed by atoms with Gasteiger partial charge in [0.2, 0.25) is 0 Å². The second-order valence-corrected chi connectivity index (χ2v) is 4.27. The molecule has 4 heteroatoms. The number of aliphatic hydroxyl groups excluding tert-OH is 1. The van der Waals surface area contributed by atoms with Crippen LogP contribution >= 0.6 is 0 Å². The van der Waals surface area contributed by atoms with Gasteiger partial charge in [-0.25, -0.2) is 0 Å². The third-order valence-electron chi connectivity index (χ3n) is 3.12. The average molecular weight is 233 g/mol. The molecular formula is C13H15NO3. The molecule has 0 unspecified atom stereocenters. The van der Waals surface area contributed by atoms with E-state index in [0.717, 1.165) is 5.56 Å². The summed E-state index contributed by atoms with van der Waals surface area (Å²) < 4.78 is 0. The largest absolute Gasteiger partial charge is 0.394 e. The molecule has 17 heavy (non-hydrogen) atoms. The van der Waals surface area contributed by atoms with Gasteiger partial charge in [0.1, 0.15) is 0 Å². The molecule has 0 spiro atoms. The van der Waals surface area contributed by atoms with E-state index >= 15 is 0 Å². The number of benzene rings is 1. The molecule has 1 N–H and O–H groups in total. The Hall–Kier alpha value is -1.68. The number of rotatable bonds is 3. The molecule has 90 valence electrons. The van der Waals surface area contributed by atoms with Crippen molar-refractivity contribution in [2.45, 2.75) is 26.3 Å². The molecule has 0 fully saturated rings. The van der Waals surface area contributed by atoms with Crippen molar-refractivity contribution < 1.29 is 14.7 Å². The minimum absolute atomic E-state index is 0.194. The third kappa shape index (κ3) is 1.74. The number of aliphatic hydroxyl groups is 1. The zero-order valence-electron chi connectivity index (χ0n) is 9.93. The summed E-state index contributed by atoms with van der Waals surface area (Å²) >= 11 is 0. The van der Waals surface area contributed by atoms with Gasteiger partial charge in [-0.2, -0.15) is 0 Å². The van der Waals surface area contributed by atoms with Crippen molar-refractivity contribution in [3.05, 3.63) is 34.9 Å². The third-order valence-corrected chi connectivity index (χ3v) is 3.12. The van der Waals surface area contributed by atoms with Gasteiger partial charge in [0.25, 0.3) is 11.8 Å². The summed E-state index contributed by atoms with van der Waals surface area (Å²) in [4.78, 5) is 25.4. The maximum Gasteiger partial charge on any atom is 0.261 e. The fraction of sp³-hybridized carbons (Fsp3) is 0.385. The first kappa shape index (κ1) is 11.8. The highest BCUT2D eigenvalue weighted by Gasteiger charge is 2.38. The van der Waals surface area contributed by atoms with E-state index in [0.29, 0.717) is 17.5 Å². The van der Waals surface area contributed by atoms with Gasteiger partial charge in [-0.15, -0.1) is 0 Å². The first-order valence-corrected chi connectivity index (χ1v) is 5.69. The smallest absolute Gasteiger partial charge is 0.261 e. The summed E-state index contributed by atoms with van der Waals surface area (Å²) in [6.45, 7) is 3.53. The van der Waals surface area contributed by atoms with Gasteiger partial charge in [-0.1, -0.05) is 18.6 Å². The molecule has 1 aliphatic heterocycles. The van der Waals surface area contributed by atoms with Crippen molar-refractivity contribution in [3.63, 3.8) is 0 Å². The SMILES string of the molecule is CC[C@@H](CO)N1C(=O)c2ccc(C)cc2C1=O. The minimum atomic E-state index is -0.428. The predicted octanol–water partition coefficient (Wildman–Crippen LogP) is 1.36. The zero-order chi connectivity index (χ0) is 12.6. The van der Waals surface area contributed by atoms with Crippen LogP contribution in [-0.4, -0.2) is 34.5 Å².